The largest absolute Gasteiger partial charge is 0.381 e. The normalized spacial score (nSPS) is 20.8. The molecule has 1 aromatic rings. The van der Waals surface area contributed by atoms with E-state index in [4.69, 9.17) is 10.00 Å². The number of rotatable bonds is 5. The SMILES string of the molecule is N#CCCN(C(=O)C1CC(=O)N(c2ccccc2Br)C1)C1CCOCC1. The first-order chi connectivity index (χ1) is 12.6. The molecule has 0 radical (unpaired) electrons. The van der Waals surface area contributed by atoms with Crippen LogP contribution in [0, 0.1) is 17.2 Å². The van der Waals surface area contributed by atoms with Crippen molar-refractivity contribution in [2.24, 2.45) is 5.92 Å². The van der Waals surface area contributed by atoms with Gasteiger partial charge in [-0.3, -0.25) is 9.59 Å². The molecule has 0 bridgehead atoms. The number of nitrogens with zero attached hydrogens (tertiary/aromatic N) is 3. The average molecular weight is 420 g/mol. The zero-order valence-corrected chi connectivity index (χ0v) is 16.2. The molecular formula is C19H22BrN3O3. The smallest absolute Gasteiger partial charge is 0.228 e. The molecule has 2 aliphatic rings. The van der Waals surface area contributed by atoms with Crippen molar-refractivity contribution in [1.82, 2.24) is 4.90 Å². The summed E-state index contributed by atoms with van der Waals surface area (Å²) >= 11 is 3.48. The van der Waals surface area contributed by atoms with Crippen molar-refractivity contribution in [3.8, 4) is 6.07 Å². The molecule has 7 heteroatoms. The van der Waals surface area contributed by atoms with E-state index in [-0.39, 0.29) is 30.2 Å². The first-order valence-electron chi connectivity index (χ1n) is 8.92. The fourth-order valence-electron chi connectivity index (χ4n) is 3.65. The molecule has 6 nitrogen and oxygen atoms in total. The topological polar surface area (TPSA) is 73.6 Å². The summed E-state index contributed by atoms with van der Waals surface area (Å²) in [7, 11) is 0. The minimum Gasteiger partial charge on any atom is -0.381 e. The number of carbonyl (C=O) groups excluding carboxylic acids is 2. The molecule has 26 heavy (non-hydrogen) atoms. The van der Waals surface area contributed by atoms with Gasteiger partial charge in [-0.15, -0.1) is 0 Å². The number of benzene rings is 1. The fourth-order valence-corrected chi connectivity index (χ4v) is 4.15. The second-order valence-electron chi connectivity index (χ2n) is 6.64. The standard InChI is InChI=1S/C19H22BrN3O3/c20-16-4-1-2-5-17(16)23-13-14(12-18(23)24)19(25)22(9-3-8-21)15-6-10-26-11-7-15/h1-2,4-5,14-15H,3,6-7,9-13H2. The van der Waals surface area contributed by atoms with Gasteiger partial charge in [-0.2, -0.15) is 5.26 Å². The fraction of sp³-hybridized carbons (Fsp3) is 0.526. The summed E-state index contributed by atoms with van der Waals surface area (Å²) in [5, 5.41) is 8.94. The number of para-hydroxylation sites is 1. The Hall–Kier alpha value is -1.91. The van der Waals surface area contributed by atoms with Crippen LogP contribution in [0.1, 0.15) is 25.7 Å². The number of anilines is 1. The number of amides is 2. The van der Waals surface area contributed by atoms with Crippen molar-refractivity contribution in [2.75, 3.05) is 31.2 Å². The zero-order chi connectivity index (χ0) is 18.5. The Labute approximate surface area is 161 Å². The van der Waals surface area contributed by atoms with Gasteiger partial charge in [0.1, 0.15) is 0 Å². The number of carbonyl (C=O) groups is 2. The molecule has 2 aliphatic heterocycles. The Bertz CT molecular complexity index is 712. The molecule has 1 aromatic carbocycles. The van der Waals surface area contributed by atoms with Gasteiger partial charge in [0.05, 0.1) is 24.1 Å². The Morgan fingerprint density at radius 2 is 2.08 bits per heavy atom. The first-order valence-corrected chi connectivity index (χ1v) is 9.71. The summed E-state index contributed by atoms with van der Waals surface area (Å²) in [6.07, 6.45) is 2.09. The second-order valence-corrected chi connectivity index (χ2v) is 7.49. The highest BCUT2D eigenvalue weighted by molar-refractivity contribution is 9.10. The minimum absolute atomic E-state index is 0.0185. The third-order valence-electron chi connectivity index (χ3n) is 5.00. The van der Waals surface area contributed by atoms with Crippen LogP contribution in [0.15, 0.2) is 28.7 Å². The van der Waals surface area contributed by atoms with E-state index in [0.29, 0.717) is 32.7 Å². The molecule has 1 atom stereocenters. The average Bonchev–Trinajstić information content (AvgIpc) is 3.05. The van der Waals surface area contributed by atoms with Crippen LogP contribution in [-0.2, 0) is 14.3 Å². The highest BCUT2D eigenvalue weighted by Crippen LogP contribution is 2.32. The summed E-state index contributed by atoms with van der Waals surface area (Å²) in [4.78, 5) is 29.2. The monoisotopic (exact) mass is 419 g/mol. The maximum absolute atomic E-state index is 13.1. The Morgan fingerprint density at radius 3 is 2.77 bits per heavy atom. The van der Waals surface area contributed by atoms with Crippen molar-refractivity contribution in [3.63, 3.8) is 0 Å². The molecule has 2 fully saturated rings. The van der Waals surface area contributed by atoms with E-state index in [9.17, 15) is 9.59 Å². The lowest BCUT2D eigenvalue weighted by Gasteiger charge is -2.35. The van der Waals surface area contributed by atoms with Crippen LogP contribution < -0.4 is 4.90 Å². The molecule has 2 heterocycles. The number of hydrogen-bond acceptors (Lipinski definition) is 4. The third kappa shape index (κ3) is 4.08. The summed E-state index contributed by atoms with van der Waals surface area (Å²) in [6.45, 7) is 2.06. The van der Waals surface area contributed by atoms with Gasteiger partial charge in [-0.25, -0.2) is 0 Å². The van der Waals surface area contributed by atoms with Gasteiger partial charge in [0.2, 0.25) is 11.8 Å². The molecule has 2 amide bonds. The third-order valence-corrected chi connectivity index (χ3v) is 5.67. The van der Waals surface area contributed by atoms with Crippen molar-refractivity contribution in [1.29, 1.82) is 5.26 Å². The Kier molecular flexibility index (Phi) is 6.28. The maximum Gasteiger partial charge on any atom is 0.228 e. The van der Waals surface area contributed by atoms with Gasteiger partial charge in [0, 0.05) is 43.2 Å². The number of ether oxygens (including phenoxy) is 1. The lowest BCUT2D eigenvalue weighted by molar-refractivity contribution is -0.139. The zero-order valence-electron chi connectivity index (χ0n) is 14.6. The highest BCUT2D eigenvalue weighted by atomic mass is 79.9. The van der Waals surface area contributed by atoms with Crippen LogP contribution >= 0.6 is 15.9 Å². The minimum atomic E-state index is -0.365. The molecule has 3 rings (SSSR count). The van der Waals surface area contributed by atoms with Crippen LogP contribution in [0.4, 0.5) is 5.69 Å². The van der Waals surface area contributed by atoms with Crippen LogP contribution in [0.25, 0.3) is 0 Å². The van der Waals surface area contributed by atoms with Crippen molar-refractivity contribution in [2.45, 2.75) is 31.7 Å². The van der Waals surface area contributed by atoms with Crippen LogP contribution in [-0.4, -0.2) is 49.1 Å². The summed E-state index contributed by atoms with van der Waals surface area (Å²) < 4.78 is 6.23. The van der Waals surface area contributed by atoms with E-state index in [2.05, 4.69) is 22.0 Å². The molecule has 0 saturated carbocycles. The van der Waals surface area contributed by atoms with E-state index in [1.165, 1.54) is 0 Å². The summed E-state index contributed by atoms with van der Waals surface area (Å²) in [5.41, 5.74) is 0.794. The van der Waals surface area contributed by atoms with E-state index >= 15 is 0 Å². The lowest BCUT2D eigenvalue weighted by atomic mass is 10.0. The van der Waals surface area contributed by atoms with Crippen LogP contribution in [0.5, 0.6) is 0 Å². The highest BCUT2D eigenvalue weighted by Gasteiger charge is 2.39. The number of hydrogen-bond donors (Lipinski definition) is 0. The van der Waals surface area contributed by atoms with Gasteiger partial charge in [-0.05, 0) is 40.9 Å². The van der Waals surface area contributed by atoms with Crippen LogP contribution in [0.3, 0.4) is 0 Å². The van der Waals surface area contributed by atoms with E-state index in [1.54, 1.807) is 4.90 Å². The quantitative estimate of drug-likeness (QED) is 0.735. The summed E-state index contributed by atoms with van der Waals surface area (Å²) in [5.74, 6) is -0.423. The summed E-state index contributed by atoms with van der Waals surface area (Å²) in [6, 6.07) is 9.76. The van der Waals surface area contributed by atoms with E-state index < -0.39 is 0 Å². The Morgan fingerprint density at radius 1 is 1.35 bits per heavy atom. The molecule has 0 aromatic heterocycles. The van der Waals surface area contributed by atoms with Gasteiger partial charge in [-0.1, -0.05) is 12.1 Å². The maximum atomic E-state index is 13.1. The van der Waals surface area contributed by atoms with Crippen molar-refractivity contribution >= 4 is 33.4 Å². The molecule has 2 saturated heterocycles. The van der Waals surface area contributed by atoms with Crippen molar-refractivity contribution in [3.05, 3.63) is 28.7 Å². The molecule has 0 spiro atoms. The van der Waals surface area contributed by atoms with E-state index in [0.717, 1.165) is 23.0 Å². The van der Waals surface area contributed by atoms with E-state index in [1.807, 2.05) is 29.2 Å². The predicted molar refractivity (Wildman–Crippen MR) is 100 cm³/mol. The van der Waals surface area contributed by atoms with Crippen LogP contribution in [0.2, 0.25) is 0 Å². The molecule has 1 unspecified atom stereocenters. The predicted octanol–water partition coefficient (Wildman–Crippen LogP) is 2.72. The lowest BCUT2D eigenvalue weighted by Crippen LogP contribution is -2.47. The van der Waals surface area contributed by atoms with Gasteiger partial charge < -0.3 is 14.5 Å². The molecular weight excluding hydrogens is 398 g/mol. The number of nitriles is 1. The van der Waals surface area contributed by atoms with Crippen molar-refractivity contribution < 1.29 is 14.3 Å². The second kappa shape index (κ2) is 8.65. The van der Waals surface area contributed by atoms with Gasteiger partial charge >= 0.3 is 0 Å². The Balaban J connectivity index is 1.74. The first kappa shape index (κ1) is 18.9. The number of halogens is 1. The van der Waals surface area contributed by atoms with Gasteiger partial charge in [0.15, 0.2) is 0 Å². The molecule has 138 valence electrons. The van der Waals surface area contributed by atoms with Gasteiger partial charge in [0.25, 0.3) is 0 Å². The molecule has 0 aliphatic carbocycles. The molecule has 0 N–H and O–H groups in total.